The fourth-order valence-corrected chi connectivity index (χ4v) is 2.23. The second-order valence-corrected chi connectivity index (χ2v) is 5.57. The molecule has 0 aliphatic carbocycles. The van der Waals surface area contributed by atoms with Gasteiger partial charge in [-0.15, -0.1) is 0 Å². The van der Waals surface area contributed by atoms with Crippen LogP contribution in [0.3, 0.4) is 0 Å². The number of nitrogens with one attached hydrogen (secondary N) is 1. The number of hydrogen-bond acceptors (Lipinski definition) is 2. The van der Waals surface area contributed by atoms with Crippen LogP contribution in [0.5, 0.6) is 5.75 Å². The number of benzene rings is 2. The van der Waals surface area contributed by atoms with Gasteiger partial charge in [-0.1, -0.05) is 24.8 Å². The number of amides is 1. The summed E-state index contributed by atoms with van der Waals surface area (Å²) in [6, 6.07) is 13.2. The van der Waals surface area contributed by atoms with Crippen LogP contribution in [0.25, 0.3) is 0 Å². The minimum Gasteiger partial charge on any atom is -0.488 e. The van der Waals surface area contributed by atoms with Crippen LogP contribution < -0.4 is 10.1 Å². The monoisotopic (exact) mass is 295 g/mol. The van der Waals surface area contributed by atoms with Gasteiger partial charge in [0.1, 0.15) is 12.4 Å². The van der Waals surface area contributed by atoms with E-state index in [1.54, 1.807) is 12.1 Å². The Hall–Kier alpha value is -2.55. The van der Waals surface area contributed by atoms with Crippen molar-refractivity contribution in [1.82, 2.24) is 0 Å². The van der Waals surface area contributed by atoms with Gasteiger partial charge in [0.05, 0.1) is 5.56 Å². The molecule has 22 heavy (non-hydrogen) atoms. The average molecular weight is 295 g/mol. The third kappa shape index (κ3) is 4.22. The Morgan fingerprint density at radius 1 is 1.14 bits per heavy atom. The first-order valence-electron chi connectivity index (χ1n) is 7.21. The summed E-state index contributed by atoms with van der Waals surface area (Å²) in [6.45, 7) is 10.1. The number of para-hydroxylation sites is 1. The molecule has 0 saturated heterocycles. The molecule has 0 radical (unpaired) electrons. The lowest BCUT2D eigenvalue weighted by molar-refractivity contribution is 0.102. The predicted octanol–water partition coefficient (Wildman–Crippen LogP) is 4.51. The lowest BCUT2D eigenvalue weighted by Gasteiger charge is -2.12. The molecule has 0 unspecified atom stereocenters. The van der Waals surface area contributed by atoms with Gasteiger partial charge in [-0.25, -0.2) is 0 Å². The summed E-state index contributed by atoms with van der Waals surface area (Å²) in [5.74, 6) is 0.384. The number of carbonyl (C=O) groups excluding carboxylic acids is 1. The maximum atomic E-state index is 12.5. The Balaban J connectivity index is 2.20. The van der Waals surface area contributed by atoms with Crippen molar-refractivity contribution >= 4 is 11.6 Å². The van der Waals surface area contributed by atoms with Crippen molar-refractivity contribution < 1.29 is 9.53 Å². The van der Waals surface area contributed by atoms with E-state index < -0.39 is 0 Å². The normalized spacial score (nSPS) is 10.1. The van der Waals surface area contributed by atoms with Gasteiger partial charge >= 0.3 is 0 Å². The molecule has 114 valence electrons. The smallest absolute Gasteiger partial charge is 0.259 e. The highest BCUT2D eigenvalue weighted by Gasteiger charge is 2.12. The SMILES string of the molecule is C=C(C)COc1ccccc1C(=O)Nc1cc(C)cc(C)c1. The molecule has 0 aromatic heterocycles. The maximum absolute atomic E-state index is 12.5. The molecule has 0 saturated carbocycles. The Kier molecular flexibility index (Phi) is 4.99. The quantitative estimate of drug-likeness (QED) is 0.824. The molecular formula is C19H21NO2. The molecule has 1 N–H and O–H groups in total. The molecule has 2 rings (SSSR count). The minimum absolute atomic E-state index is 0.178. The van der Waals surface area contributed by atoms with Crippen molar-refractivity contribution in [1.29, 1.82) is 0 Å². The highest BCUT2D eigenvalue weighted by Crippen LogP contribution is 2.21. The number of rotatable bonds is 5. The molecule has 2 aromatic rings. The fraction of sp³-hybridized carbons (Fsp3) is 0.211. The van der Waals surface area contributed by atoms with Gasteiger partial charge in [-0.3, -0.25) is 4.79 Å². The maximum Gasteiger partial charge on any atom is 0.259 e. The molecule has 3 nitrogen and oxygen atoms in total. The van der Waals surface area contributed by atoms with E-state index in [1.807, 2.05) is 45.0 Å². The van der Waals surface area contributed by atoms with E-state index in [0.717, 1.165) is 22.4 Å². The van der Waals surface area contributed by atoms with Crippen molar-refractivity contribution in [2.24, 2.45) is 0 Å². The van der Waals surface area contributed by atoms with E-state index >= 15 is 0 Å². The first-order chi connectivity index (χ1) is 10.5. The lowest BCUT2D eigenvalue weighted by Crippen LogP contribution is -2.14. The van der Waals surface area contributed by atoms with Gasteiger partial charge < -0.3 is 10.1 Å². The van der Waals surface area contributed by atoms with Crippen molar-refractivity contribution in [3.63, 3.8) is 0 Å². The van der Waals surface area contributed by atoms with Crippen molar-refractivity contribution in [3.8, 4) is 5.75 Å². The molecule has 0 aliphatic heterocycles. The van der Waals surface area contributed by atoms with Gasteiger partial charge in [0, 0.05) is 5.69 Å². The van der Waals surface area contributed by atoms with Crippen LogP contribution in [-0.2, 0) is 0 Å². The lowest BCUT2D eigenvalue weighted by atomic mass is 10.1. The van der Waals surface area contributed by atoms with E-state index in [1.165, 1.54) is 0 Å². The van der Waals surface area contributed by atoms with E-state index in [0.29, 0.717) is 17.9 Å². The molecule has 1 amide bonds. The van der Waals surface area contributed by atoms with Gasteiger partial charge in [0.25, 0.3) is 5.91 Å². The zero-order valence-corrected chi connectivity index (χ0v) is 13.3. The predicted molar refractivity (Wildman–Crippen MR) is 90.6 cm³/mol. The molecule has 0 heterocycles. The second kappa shape index (κ2) is 6.94. The first-order valence-corrected chi connectivity index (χ1v) is 7.21. The molecule has 0 atom stereocenters. The van der Waals surface area contributed by atoms with E-state index in [4.69, 9.17) is 4.74 Å². The van der Waals surface area contributed by atoms with Crippen LogP contribution in [0.2, 0.25) is 0 Å². The molecule has 0 aliphatic rings. The average Bonchev–Trinajstić information content (AvgIpc) is 2.44. The minimum atomic E-state index is -0.178. The second-order valence-electron chi connectivity index (χ2n) is 5.57. The van der Waals surface area contributed by atoms with Crippen molar-refractivity contribution in [2.45, 2.75) is 20.8 Å². The zero-order valence-electron chi connectivity index (χ0n) is 13.3. The number of hydrogen-bond donors (Lipinski definition) is 1. The van der Waals surface area contributed by atoms with E-state index in [2.05, 4.69) is 18.0 Å². The van der Waals surface area contributed by atoms with Crippen molar-refractivity contribution in [3.05, 3.63) is 71.3 Å². The van der Waals surface area contributed by atoms with Gasteiger partial charge in [-0.2, -0.15) is 0 Å². The molecule has 2 aromatic carbocycles. The van der Waals surface area contributed by atoms with Crippen LogP contribution in [0, 0.1) is 13.8 Å². The summed E-state index contributed by atoms with van der Waals surface area (Å²) in [6.07, 6.45) is 0. The van der Waals surface area contributed by atoms with Crippen LogP contribution in [0.4, 0.5) is 5.69 Å². The third-order valence-corrected chi connectivity index (χ3v) is 3.09. The zero-order chi connectivity index (χ0) is 16.1. The number of anilines is 1. The third-order valence-electron chi connectivity index (χ3n) is 3.09. The number of aryl methyl sites for hydroxylation is 2. The Morgan fingerprint density at radius 2 is 1.77 bits per heavy atom. The largest absolute Gasteiger partial charge is 0.488 e. The Morgan fingerprint density at radius 3 is 2.41 bits per heavy atom. The Bertz CT molecular complexity index is 684. The number of ether oxygens (including phenoxy) is 1. The Labute approximate surface area is 131 Å². The first kappa shape index (κ1) is 15.8. The molecule has 0 bridgehead atoms. The van der Waals surface area contributed by atoms with Crippen LogP contribution in [-0.4, -0.2) is 12.5 Å². The highest BCUT2D eigenvalue weighted by atomic mass is 16.5. The van der Waals surface area contributed by atoms with Crippen LogP contribution >= 0.6 is 0 Å². The van der Waals surface area contributed by atoms with E-state index in [-0.39, 0.29) is 5.91 Å². The summed E-state index contributed by atoms with van der Waals surface area (Å²) in [5.41, 5.74) is 4.44. The number of carbonyl (C=O) groups is 1. The van der Waals surface area contributed by atoms with Gasteiger partial charge in [-0.05, 0) is 61.7 Å². The summed E-state index contributed by atoms with van der Waals surface area (Å²) >= 11 is 0. The molecule has 0 fully saturated rings. The van der Waals surface area contributed by atoms with Crippen LogP contribution in [0.15, 0.2) is 54.6 Å². The summed E-state index contributed by atoms with van der Waals surface area (Å²) in [4.78, 5) is 12.5. The molecule has 3 heteroatoms. The summed E-state index contributed by atoms with van der Waals surface area (Å²) in [5, 5.41) is 2.93. The summed E-state index contributed by atoms with van der Waals surface area (Å²) in [7, 11) is 0. The molecular weight excluding hydrogens is 274 g/mol. The van der Waals surface area contributed by atoms with E-state index in [9.17, 15) is 4.79 Å². The standard InChI is InChI=1S/C19H21NO2/c1-13(2)12-22-18-8-6-5-7-17(18)19(21)20-16-10-14(3)9-15(4)11-16/h5-11H,1,12H2,2-4H3,(H,20,21). The van der Waals surface area contributed by atoms with Gasteiger partial charge in [0.15, 0.2) is 0 Å². The van der Waals surface area contributed by atoms with Gasteiger partial charge in [0.2, 0.25) is 0 Å². The topological polar surface area (TPSA) is 38.3 Å². The molecule has 0 spiro atoms. The summed E-state index contributed by atoms with van der Waals surface area (Å²) < 4.78 is 5.64. The fourth-order valence-electron chi connectivity index (χ4n) is 2.23. The van der Waals surface area contributed by atoms with Crippen LogP contribution in [0.1, 0.15) is 28.4 Å². The van der Waals surface area contributed by atoms with Crippen molar-refractivity contribution in [2.75, 3.05) is 11.9 Å². The highest BCUT2D eigenvalue weighted by molar-refractivity contribution is 6.06.